The summed E-state index contributed by atoms with van der Waals surface area (Å²) in [5.74, 6) is 0. The summed E-state index contributed by atoms with van der Waals surface area (Å²) in [6, 6.07) is 56.9. The maximum absolute atomic E-state index is 3.72. The summed E-state index contributed by atoms with van der Waals surface area (Å²) in [6.07, 6.45) is 8.69. The molecule has 0 saturated carbocycles. The molecule has 0 spiro atoms. The summed E-state index contributed by atoms with van der Waals surface area (Å²) in [5, 5.41) is 17.7. The zero-order chi connectivity index (χ0) is 34.7. The minimum absolute atomic E-state index is 0.759. The van der Waals surface area contributed by atoms with E-state index in [4.69, 9.17) is 0 Å². The van der Waals surface area contributed by atoms with E-state index in [0.717, 1.165) is 37.6 Å². The van der Waals surface area contributed by atoms with Gasteiger partial charge in [0.1, 0.15) is 0 Å². The second-order valence-corrected chi connectivity index (χ2v) is 13.6. The average Bonchev–Trinajstić information content (AvgIpc) is 3.19. The van der Waals surface area contributed by atoms with Crippen LogP contribution in [0.15, 0.2) is 183 Å². The van der Waals surface area contributed by atoms with Gasteiger partial charge >= 0.3 is 0 Å². The lowest BCUT2D eigenvalue weighted by Crippen LogP contribution is -2.34. The van der Waals surface area contributed by atoms with Gasteiger partial charge in [-0.05, 0) is 78.5 Å². The molecule has 0 saturated heterocycles. The summed E-state index contributed by atoms with van der Waals surface area (Å²) in [7, 11) is 0. The molecule has 4 heteroatoms. The minimum Gasteiger partial charge on any atom is -0.376 e. The quantitative estimate of drug-likeness (QED) is 0.112. The Kier molecular flexibility index (Phi) is 8.47. The van der Waals surface area contributed by atoms with Crippen LogP contribution in [0.1, 0.15) is 22.3 Å². The van der Waals surface area contributed by atoms with Crippen molar-refractivity contribution in [3.05, 3.63) is 205 Å². The molecule has 0 bridgehead atoms. The first-order chi connectivity index (χ1) is 25.7. The van der Waals surface area contributed by atoms with Crippen LogP contribution in [-0.4, -0.2) is 0 Å². The molecular formula is C48H40N4+2. The second kappa shape index (κ2) is 14.0. The van der Waals surface area contributed by atoms with Crippen molar-refractivity contribution in [2.24, 2.45) is 0 Å². The number of aromatic nitrogens is 2. The van der Waals surface area contributed by atoms with Crippen molar-refractivity contribution in [2.75, 3.05) is 10.6 Å². The molecule has 0 amide bonds. The Bertz CT molecular complexity index is 2400. The maximum atomic E-state index is 3.72. The van der Waals surface area contributed by atoms with E-state index in [1.807, 2.05) is 0 Å². The molecule has 2 N–H and O–H groups in total. The largest absolute Gasteiger partial charge is 0.376 e. The van der Waals surface area contributed by atoms with Gasteiger partial charge in [0.15, 0.2) is 37.9 Å². The number of hydrogen-bond acceptors (Lipinski definition) is 2. The standard InChI is InChI=1S/C48H40N4/c1-5-17-43-37(11-1)27-38-12-2-6-18-44(38)47(43)29-49-41-15-9-25-51(33-41)31-35-21-23-36(24-22-35)32-52-26-10-16-42(34-52)50-30-48-45-19-7-3-13-39(45)28-40-14-4-8-20-46(40)48/h1-28,33-34,49-50H,29-32H2/q+2. The molecule has 0 radical (unpaired) electrons. The van der Waals surface area contributed by atoms with Crippen LogP contribution in [0.4, 0.5) is 11.4 Å². The summed E-state index contributed by atoms with van der Waals surface area (Å²) < 4.78 is 4.50. The Balaban J connectivity index is 0.860. The topological polar surface area (TPSA) is 31.8 Å². The number of hydrogen-bond donors (Lipinski definition) is 2. The summed E-state index contributed by atoms with van der Waals surface area (Å²) in [6.45, 7) is 3.13. The van der Waals surface area contributed by atoms with Crippen LogP contribution in [0.3, 0.4) is 0 Å². The van der Waals surface area contributed by atoms with E-state index >= 15 is 0 Å². The van der Waals surface area contributed by atoms with Gasteiger partial charge in [0, 0.05) is 36.3 Å². The van der Waals surface area contributed by atoms with Gasteiger partial charge in [-0.2, -0.15) is 9.13 Å². The van der Waals surface area contributed by atoms with Crippen LogP contribution < -0.4 is 19.8 Å². The normalized spacial score (nSPS) is 11.4. The molecule has 2 heterocycles. The highest BCUT2D eigenvalue weighted by Crippen LogP contribution is 2.30. The fourth-order valence-corrected chi connectivity index (χ4v) is 7.60. The highest BCUT2D eigenvalue weighted by Gasteiger charge is 2.12. The zero-order valence-electron chi connectivity index (χ0n) is 29.0. The third-order valence-corrected chi connectivity index (χ3v) is 10.2. The predicted molar refractivity (Wildman–Crippen MR) is 215 cm³/mol. The second-order valence-electron chi connectivity index (χ2n) is 13.6. The van der Waals surface area contributed by atoms with Crippen molar-refractivity contribution in [3.63, 3.8) is 0 Å². The van der Waals surface area contributed by atoms with Crippen molar-refractivity contribution < 1.29 is 9.13 Å². The van der Waals surface area contributed by atoms with E-state index in [-0.39, 0.29) is 0 Å². The van der Waals surface area contributed by atoms with E-state index in [0.29, 0.717) is 0 Å². The van der Waals surface area contributed by atoms with Gasteiger partial charge < -0.3 is 10.6 Å². The fourth-order valence-electron chi connectivity index (χ4n) is 7.60. The molecule has 4 nitrogen and oxygen atoms in total. The molecule has 0 atom stereocenters. The highest BCUT2D eigenvalue weighted by molar-refractivity contribution is 6.03. The first kappa shape index (κ1) is 31.5. The lowest BCUT2D eigenvalue weighted by atomic mass is 9.97. The van der Waals surface area contributed by atoms with Gasteiger partial charge in [-0.15, -0.1) is 0 Å². The summed E-state index contributed by atoms with van der Waals surface area (Å²) in [4.78, 5) is 0. The lowest BCUT2D eigenvalue weighted by Gasteiger charge is -2.13. The van der Waals surface area contributed by atoms with Gasteiger partial charge in [0.2, 0.25) is 0 Å². The van der Waals surface area contributed by atoms with E-state index < -0.39 is 0 Å². The van der Waals surface area contributed by atoms with E-state index in [1.165, 1.54) is 65.3 Å². The van der Waals surface area contributed by atoms with Crippen molar-refractivity contribution in [1.82, 2.24) is 0 Å². The smallest absolute Gasteiger partial charge is 0.192 e. The molecule has 0 aliphatic carbocycles. The predicted octanol–water partition coefficient (Wildman–Crippen LogP) is 10.2. The number of anilines is 2. The molecule has 9 aromatic rings. The van der Waals surface area contributed by atoms with Crippen LogP contribution in [0.5, 0.6) is 0 Å². The third kappa shape index (κ3) is 6.55. The first-order valence-corrected chi connectivity index (χ1v) is 18.1. The zero-order valence-corrected chi connectivity index (χ0v) is 29.0. The van der Waals surface area contributed by atoms with Gasteiger partial charge in [0.25, 0.3) is 0 Å². The Morgan fingerprint density at radius 1 is 0.365 bits per heavy atom. The number of nitrogens with zero attached hydrogens (tertiary/aromatic N) is 2. The molecular weight excluding hydrogens is 633 g/mol. The number of pyridine rings is 2. The molecule has 0 aliphatic heterocycles. The van der Waals surface area contributed by atoms with Gasteiger partial charge in [-0.1, -0.05) is 121 Å². The van der Waals surface area contributed by atoms with Crippen LogP contribution in [0.25, 0.3) is 43.1 Å². The summed E-state index contributed by atoms with van der Waals surface area (Å²) >= 11 is 0. The van der Waals surface area contributed by atoms with Gasteiger partial charge in [-0.25, -0.2) is 0 Å². The Morgan fingerprint density at radius 3 is 1.08 bits per heavy atom. The van der Waals surface area contributed by atoms with E-state index in [9.17, 15) is 0 Å². The summed E-state index contributed by atoms with van der Waals surface area (Å²) in [5.41, 5.74) is 7.42. The Morgan fingerprint density at radius 2 is 0.712 bits per heavy atom. The molecule has 52 heavy (non-hydrogen) atoms. The molecule has 250 valence electrons. The maximum Gasteiger partial charge on any atom is 0.192 e. The van der Waals surface area contributed by atoms with Crippen LogP contribution in [0.2, 0.25) is 0 Å². The molecule has 9 rings (SSSR count). The van der Waals surface area contributed by atoms with E-state index in [1.54, 1.807) is 0 Å². The Labute approximate surface area is 304 Å². The number of fused-ring (bicyclic) bond motifs is 4. The van der Waals surface area contributed by atoms with Crippen molar-refractivity contribution in [3.8, 4) is 0 Å². The van der Waals surface area contributed by atoms with Gasteiger partial charge in [0.05, 0.1) is 11.4 Å². The molecule has 0 fully saturated rings. The number of rotatable bonds is 10. The van der Waals surface area contributed by atoms with Crippen molar-refractivity contribution in [1.29, 1.82) is 0 Å². The van der Waals surface area contributed by atoms with Crippen LogP contribution >= 0.6 is 0 Å². The minimum atomic E-state index is 0.759. The van der Waals surface area contributed by atoms with Gasteiger partial charge in [-0.3, -0.25) is 0 Å². The monoisotopic (exact) mass is 672 g/mol. The number of nitrogens with one attached hydrogen (secondary N) is 2. The first-order valence-electron chi connectivity index (χ1n) is 18.1. The van der Waals surface area contributed by atoms with Crippen molar-refractivity contribution in [2.45, 2.75) is 26.2 Å². The molecule has 0 unspecified atom stereocenters. The SMILES string of the molecule is c1ccc2c(CNc3ccc[n+](Cc4ccc(C[n+]5cccc(NCc6c7ccccc7cc7ccccc67)c5)cc4)c3)c3ccccc3cc2c1. The number of benzene rings is 7. The fraction of sp³-hybridized carbons (Fsp3) is 0.0833. The van der Waals surface area contributed by atoms with Crippen LogP contribution in [-0.2, 0) is 26.2 Å². The molecule has 7 aromatic carbocycles. The lowest BCUT2D eigenvalue weighted by molar-refractivity contribution is -0.688. The average molecular weight is 673 g/mol. The highest BCUT2D eigenvalue weighted by atomic mass is 15.0. The van der Waals surface area contributed by atoms with E-state index in [2.05, 4.69) is 202 Å². The molecule has 2 aromatic heterocycles. The van der Waals surface area contributed by atoms with Crippen molar-refractivity contribution >= 4 is 54.5 Å². The molecule has 0 aliphatic rings. The third-order valence-electron chi connectivity index (χ3n) is 10.2. The Hall–Kier alpha value is -6.52. The van der Waals surface area contributed by atoms with Crippen LogP contribution in [0, 0.1) is 0 Å².